The first-order valence-electron chi connectivity index (χ1n) is 3.23. The topological polar surface area (TPSA) is 34.1 Å². The molecule has 0 heterocycles. The first-order valence-corrected chi connectivity index (χ1v) is 7.41. The zero-order valence-corrected chi connectivity index (χ0v) is 11.8. The van der Waals surface area contributed by atoms with Crippen LogP contribution in [0.3, 0.4) is 0 Å². The summed E-state index contributed by atoms with van der Waals surface area (Å²) in [4.78, 5) is 0.162. The molecule has 0 fully saturated rings. The molecule has 1 aromatic carbocycles. The lowest BCUT2D eigenvalue weighted by Gasteiger charge is -2.05. The largest absolute Gasteiger partial charge is 0.262 e. The number of hydrogen-bond donors (Lipinski definition) is 0. The average molecular weight is 395 g/mol. The maximum atomic E-state index is 11.1. The van der Waals surface area contributed by atoms with E-state index in [-0.39, 0.29) is 4.90 Å². The highest BCUT2D eigenvalue weighted by Gasteiger charge is 2.16. The lowest BCUT2D eigenvalue weighted by Crippen LogP contribution is -1.96. The maximum Gasteiger partial charge on any atom is 0.262 e. The third-order valence-corrected chi connectivity index (χ3v) is 5.53. The van der Waals surface area contributed by atoms with Crippen molar-refractivity contribution in [3.05, 3.63) is 25.7 Å². The zero-order valence-electron chi connectivity index (χ0n) is 6.51. The minimum atomic E-state index is -3.63. The normalized spacial score (nSPS) is 11.7. The highest BCUT2D eigenvalue weighted by atomic mass is 127. The summed E-state index contributed by atoms with van der Waals surface area (Å²) in [5.41, 5.74) is 0.877. The first kappa shape index (κ1) is 11.7. The summed E-state index contributed by atoms with van der Waals surface area (Å²) in [6, 6.07) is 3.16. The van der Waals surface area contributed by atoms with Gasteiger partial charge in [-0.2, -0.15) is 0 Å². The van der Waals surface area contributed by atoms with Crippen molar-refractivity contribution < 1.29 is 8.42 Å². The molecule has 1 aromatic rings. The van der Waals surface area contributed by atoms with Crippen molar-refractivity contribution >= 4 is 58.3 Å². The Morgan fingerprint density at radius 2 is 2.00 bits per heavy atom. The van der Waals surface area contributed by atoms with E-state index in [9.17, 15) is 8.42 Å². The van der Waals surface area contributed by atoms with Crippen molar-refractivity contribution in [3.8, 4) is 0 Å². The second-order valence-corrected chi connectivity index (χ2v) is 6.89. The van der Waals surface area contributed by atoms with E-state index in [2.05, 4.69) is 15.9 Å². The van der Waals surface area contributed by atoms with E-state index in [0.29, 0.717) is 3.57 Å². The van der Waals surface area contributed by atoms with E-state index in [1.165, 1.54) is 6.07 Å². The van der Waals surface area contributed by atoms with Crippen molar-refractivity contribution in [1.29, 1.82) is 0 Å². The molecule has 0 spiro atoms. The van der Waals surface area contributed by atoms with Gasteiger partial charge in [0, 0.05) is 18.7 Å². The van der Waals surface area contributed by atoms with E-state index in [1.807, 2.05) is 29.5 Å². The van der Waals surface area contributed by atoms with E-state index in [1.54, 1.807) is 6.07 Å². The average Bonchev–Trinajstić information content (AvgIpc) is 1.98. The van der Waals surface area contributed by atoms with Gasteiger partial charge in [0.05, 0.1) is 4.90 Å². The van der Waals surface area contributed by atoms with Gasteiger partial charge in [-0.1, -0.05) is 15.9 Å². The smallest absolute Gasteiger partial charge is 0.207 e. The lowest BCUT2D eigenvalue weighted by molar-refractivity contribution is 0.609. The fraction of sp³-hybridized carbons (Fsp3) is 0.143. The molecule has 0 aliphatic carbocycles. The van der Waals surface area contributed by atoms with Crippen LogP contribution in [0.1, 0.15) is 5.56 Å². The molecule has 0 aliphatic rings. The summed E-state index contributed by atoms with van der Waals surface area (Å²) in [6.07, 6.45) is 0. The molecule has 72 valence electrons. The molecule has 0 aromatic heterocycles. The summed E-state index contributed by atoms with van der Waals surface area (Å²) < 4.78 is 23.7. The fourth-order valence-electron chi connectivity index (χ4n) is 0.825. The maximum absolute atomic E-state index is 11.1. The van der Waals surface area contributed by atoms with Gasteiger partial charge in [-0.3, -0.25) is 0 Å². The van der Waals surface area contributed by atoms with Gasteiger partial charge in [0.1, 0.15) is 0 Å². The Labute approximate surface area is 103 Å². The lowest BCUT2D eigenvalue weighted by atomic mass is 10.2. The summed E-state index contributed by atoms with van der Waals surface area (Å²) in [5, 5.41) is 0. The molecular weight excluding hydrogens is 390 g/mol. The third-order valence-electron chi connectivity index (χ3n) is 1.55. The van der Waals surface area contributed by atoms with Crippen LogP contribution in [0, 0.1) is 10.5 Å². The Bertz CT molecular complexity index is 444. The van der Waals surface area contributed by atoms with Gasteiger partial charge < -0.3 is 0 Å². The van der Waals surface area contributed by atoms with Crippen molar-refractivity contribution in [1.82, 2.24) is 0 Å². The van der Waals surface area contributed by atoms with Crippen LogP contribution in [-0.2, 0) is 9.05 Å². The molecule has 0 N–H and O–H groups in total. The van der Waals surface area contributed by atoms with Crippen LogP contribution in [0.25, 0.3) is 0 Å². The molecule has 0 aliphatic heterocycles. The molecule has 0 saturated carbocycles. The Hall–Kier alpha value is 0.670. The first-order chi connectivity index (χ1) is 5.84. The van der Waals surface area contributed by atoms with Crippen molar-refractivity contribution in [2.24, 2.45) is 0 Å². The van der Waals surface area contributed by atoms with Crippen LogP contribution < -0.4 is 0 Å². The minimum absolute atomic E-state index is 0.162. The molecule has 1 rings (SSSR count). The monoisotopic (exact) mass is 394 g/mol. The third kappa shape index (κ3) is 2.57. The fourth-order valence-corrected chi connectivity index (χ4v) is 4.24. The van der Waals surface area contributed by atoms with Crippen molar-refractivity contribution in [3.63, 3.8) is 0 Å². The molecule has 0 radical (unpaired) electrons. The van der Waals surface area contributed by atoms with Gasteiger partial charge in [0.2, 0.25) is 0 Å². The minimum Gasteiger partial charge on any atom is -0.207 e. The highest BCUT2D eigenvalue weighted by molar-refractivity contribution is 14.1. The van der Waals surface area contributed by atoms with Crippen LogP contribution in [0.15, 0.2) is 21.5 Å². The van der Waals surface area contributed by atoms with Gasteiger partial charge in [-0.15, -0.1) is 0 Å². The van der Waals surface area contributed by atoms with Crippen LogP contribution in [0.2, 0.25) is 0 Å². The quantitative estimate of drug-likeness (QED) is 0.540. The van der Waals surface area contributed by atoms with Gasteiger partial charge >= 0.3 is 0 Å². The Balaban J connectivity index is 3.53. The summed E-state index contributed by atoms with van der Waals surface area (Å²) in [6.45, 7) is 1.83. The van der Waals surface area contributed by atoms with Gasteiger partial charge in [-0.25, -0.2) is 8.42 Å². The van der Waals surface area contributed by atoms with Gasteiger partial charge in [0.15, 0.2) is 0 Å². The van der Waals surface area contributed by atoms with Crippen LogP contribution in [0.5, 0.6) is 0 Å². The molecule has 6 heteroatoms. The van der Waals surface area contributed by atoms with E-state index < -0.39 is 9.05 Å². The van der Waals surface area contributed by atoms with E-state index in [0.717, 1.165) is 10.0 Å². The number of hydrogen-bond acceptors (Lipinski definition) is 2. The molecule has 0 bridgehead atoms. The molecular formula is C7H5BrClIO2S. The van der Waals surface area contributed by atoms with Gasteiger partial charge in [0.25, 0.3) is 9.05 Å². The van der Waals surface area contributed by atoms with Crippen LogP contribution in [0.4, 0.5) is 0 Å². The second-order valence-electron chi connectivity index (χ2n) is 2.42. The zero-order chi connectivity index (χ0) is 10.2. The number of halogens is 3. The van der Waals surface area contributed by atoms with E-state index in [4.69, 9.17) is 10.7 Å². The molecule has 13 heavy (non-hydrogen) atoms. The predicted octanol–water partition coefficient (Wildman–Crippen LogP) is 3.29. The summed E-state index contributed by atoms with van der Waals surface area (Å²) in [7, 11) is 1.61. The molecule has 0 amide bonds. The van der Waals surface area contributed by atoms with E-state index >= 15 is 0 Å². The van der Waals surface area contributed by atoms with Crippen LogP contribution in [-0.4, -0.2) is 8.42 Å². The number of benzene rings is 1. The second kappa shape index (κ2) is 4.04. The van der Waals surface area contributed by atoms with Crippen LogP contribution >= 0.6 is 49.2 Å². The molecule has 0 atom stereocenters. The standard InChI is InChI=1S/C7H5BrClIO2S/c1-4-5(8)2-3-6(7(4)10)13(9,11)12/h2-3H,1H3. The highest BCUT2D eigenvalue weighted by Crippen LogP contribution is 2.29. The predicted molar refractivity (Wildman–Crippen MR) is 64.6 cm³/mol. The molecule has 2 nitrogen and oxygen atoms in total. The molecule has 0 saturated heterocycles. The number of rotatable bonds is 1. The Morgan fingerprint density at radius 3 is 2.46 bits per heavy atom. The Morgan fingerprint density at radius 1 is 1.46 bits per heavy atom. The SMILES string of the molecule is Cc1c(Br)ccc(S(=O)(=O)Cl)c1I. The van der Waals surface area contributed by atoms with Crippen molar-refractivity contribution in [2.45, 2.75) is 11.8 Å². The van der Waals surface area contributed by atoms with Gasteiger partial charge in [-0.05, 0) is 47.2 Å². The summed E-state index contributed by atoms with van der Waals surface area (Å²) in [5.74, 6) is 0. The summed E-state index contributed by atoms with van der Waals surface area (Å²) >= 11 is 5.27. The molecule has 0 unspecified atom stereocenters. The Kier molecular flexibility index (Phi) is 3.65. The van der Waals surface area contributed by atoms with Crippen molar-refractivity contribution in [2.75, 3.05) is 0 Å².